The van der Waals surface area contributed by atoms with Crippen molar-refractivity contribution >= 4 is 15.7 Å². The average molecular weight is 241 g/mol. The fourth-order valence-corrected chi connectivity index (χ4v) is 2.28. The Labute approximate surface area is 95.4 Å². The molecule has 0 heterocycles. The van der Waals surface area contributed by atoms with Gasteiger partial charge in [-0.2, -0.15) is 0 Å². The maximum Gasteiger partial charge on any atom is 0.229 e. The van der Waals surface area contributed by atoms with Gasteiger partial charge in [0.1, 0.15) is 5.75 Å². The van der Waals surface area contributed by atoms with Crippen molar-refractivity contribution in [2.24, 2.45) is 5.92 Å². The number of phenolic OH excluding ortho intramolecular Hbond substituents is 1. The minimum absolute atomic E-state index is 0.176. The Bertz CT molecular complexity index is 492. The fraction of sp³-hybridized carbons (Fsp3) is 0.455. The number of anilines is 1. The molecule has 0 bridgehead atoms. The summed E-state index contributed by atoms with van der Waals surface area (Å²) in [5.74, 6) is 0.816. The van der Waals surface area contributed by atoms with Gasteiger partial charge in [0, 0.05) is 0 Å². The van der Waals surface area contributed by atoms with Gasteiger partial charge < -0.3 is 5.11 Å². The molecule has 2 N–H and O–H groups in total. The first kappa shape index (κ1) is 11.3. The van der Waals surface area contributed by atoms with E-state index in [-0.39, 0.29) is 5.75 Å². The van der Waals surface area contributed by atoms with E-state index in [9.17, 15) is 13.5 Å². The van der Waals surface area contributed by atoms with Crippen molar-refractivity contribution in [3.63, 3.8) is 0 Å². The molecule has 2 rings (SSSR count). The van der Waals surface area contributed by atoms with Gasteiger partial charge in [-0.05, 0) is 48.9 Å². The minimum atomic E-state index is -3.26. The van der Waals surface area contributed by atoms with Crippen molar-refractivity contribution in [1.29, 1.82) is 0 Å². The Morgan fingerprint density at radius 1 is 1.44 bits per heavy atom. The molecule has 0 radical (unpaired) electrons. The molecular weight excluding hydrogens is 226 g/mol. The largest absolute Gasteiger partial charge is 0.508 e. The van der Waals surface area contributed by atoms with Gasteiger partial charge in [-0.25, -0.2) is 8.42 Å². The molecule has 0 aromatic heterocycles. The van der Waals surface area contributed by atoms with Gasteiger partial charge in [-0.3, -0.25) is 4.72 Å². The summed E-state index contributed by atoms with van der Waals surface area (Å²) < 4.78 is 24.8. The second-order valence-electron chi connectivity index (χ2n) is 4.36. The van der Waals surface area contributed by atoms with Gasteiger partial charge in [-0.1, -0.05) is 0 Å². The summed E-state index contributed by atoms with van der Waals surface area (Å²) in [6.07, 6.45) is 4.33. The number of nitrogens with one attached hydrogen (secondary N) is 1. The maximum atomic E-state index is 11.2. The summed E-state index contributed by atoms with van der Waals surface area (Å²) in [6, 6.07) is 4.73. The molecule has 0 aliphatic heterocycles. The number of hydrogen-bond donors (Lipinski definition) is 2. The van der Waals surface area contributed by atoms with E-state index in [1.54, 1.807) is 12.1 Å². The van der Waals surface area contributed by atoms with Crippen molar-refractivity contribution < 1.29 is 13.5 Å². The van der Waals surface area contributed by atoms with Crippen LogP contribution in [0.5, 0.6) is 5.75 Å². The third-order valence-corrected chi connectivity index (χ3v) is 3.18. The molecule has 1 fully saturated rings. The smallest absolute Gasteiger partial charge is 0.229 e. The van der Waals surface area contributed by atoms with E-state index in [2.05, 4.69) is 4.72 Å². The average Bonchev–Trinajstić information content (AvgIpc) is 2.91. The van der Waals surface area contributed by atoms with Gasteiger partial charge in [0.05, 0.1) is 11.9 Å². The lowest BCUT2D eigenvalue weighted by Gasteiger charge is -2.10. The zero-order valence-corrected chi connectivity index (χ0v) is 9.92. The predicted octanol–water partition coefficient (Wildman–Crippen LogP) is 1.72. The molecule has 0 saturated heterocycles. The number of hydrogen-bond acceptors (Lipinski definition) is 3. The number of benzene rings is 1. The third-order valence-electron chi connectivity index (χ3n) is 2.59. The summed E-state index contributed by atoms with van der Waals surface area (Å²) in [4.78, 5) is 0. The summed E-state index contributed by atoms with van der Waals surface area (Å²) in [7, 11) is -3.26. The fourth-order valence-electron chi connectivity index (χ4n) is 1.68. The molecule has 1 aromatic carbocycles. The van der Waals surface area contributed by atoms with Gasteiger partial charge in [0.25, 0.3) is 0 Å². The Kier molecular flexibility index (Phi) is 2.80. The molecule has 0 atom stereocenters. The van der Waals surface area contributed by atoms with Crippen LogP contribution in [0.2, 0.25) is 0 Å². The number of aromatic hydroxyl groups is 1. The number of rotatable bonds is 4. The number of sulfonamides is 1. The number of phenols is 1. The molecule has 1 aliphatic rings. The second-order valence-corrected chi connectivity index (χ2v) is 6.11. The molecule has 0 spiro atoms. The van der Waals surface area contributed by atoms with Crippen LogP contribution in [0.15, 0.2) is 18.2 Å². The molecule has 16 heavy (non-hydrogen) atoms. The van der Waals surface area contributed by atoms with Crippen LogP contribution >= 0.6 is 0 Å². The molecule has 1 aromatic rings. The highest BCUT2D eigenvalue weighted by Crippen LogP contribution is 2.35. The molecule has 1 saturated carbocycles. The lowest BCUT2D eigenvalue weighted by Crippen LogP contribution is -2.11. The van der Waals surface area contributed by atoms with E-state index in [0.29, 0.717) is 11.6 Å². The van der Waals surface area contributed by atoms with Gasteiger partial charge in [0.15, 0.2) is 0 Å². The highest BCUT2D eigenvalue weighted by molar-refractivity contribution is 7.92. The molecule has 0 unspecified atom stereocenters. The standard InChI is InChI=1S/C11H15NO3S/c1-16(14,15)12-11-5-4-10(13)7-9(11)6-8-2-3-8/h4-5,7-8,12-13H,2-3,6H2,1H3. The zero-order chi connectivity index (χ0) is 11.8. The first-order valence-electron chi connectivity index (χ1n) is 5.24. The molecule has 0 amide bonds. The molecule has 1 aliphatic carbocycles. The highest BCUT2D eigenvalue weighted by Gasteiger charge is 2.23. The van der Waals surface area contributed by atoms with Gasteiger partial charge in [-0.15, -0.1) is 0 Å². The lowest BCUT2D eigenvalue weighted by atomic mass is 10.1. The second kappa shape index (κ2) is 3.97. The molecule has 5 heteroatoms. The topological polar surface area (TPSA) is 66.4 Å². The highest BCUT2D eigenvalue weighted by atomic mass is 32.2. The normalized spacial score (nSPS) is 16.1. The maximum absolute atomic E-state index is 11.2. The SMILES string of the molecule is CS(=O)(=O)Nc1ccc(O)cc1CC1CC1. The van der Waals surface area contributed by atoms with Crippen LogP contribution in [0.4, 0.5) is 5.69 Å². The van der Waals surface area contributed by atoms with Gasteiger partial charge in [0.2, 0.25) is 10.0 Å². The summed E-state index contributed by atoms with van der Waals surface area (Å²) in [6.45, 7) is 0. The van der Waals surface area contributed by atoms with Crippen molar-refractivity contribution in [1.82, 2.24) is 0 Å². The first-order valence-corrected chi connectivity index (χ1v) is 7.13. The Morgan fingerprint density at radius 3 is 2.69 bits per heavy atom. The van der Waals surface area contributed by atoms with E-state index in [4.69, 9.17) is 0 Å². The zero-order valence-electron chi connectivity index (χ0n) is 9.10. The van der Waals surface area contributed by atoms with Crippen LogP contribution in [-0.2, 0) is 16.4 Å². The van der Waals surface area contributed by atoms with Crippen molar-refractivity contribution in [2.75, 3.05) is 11.0 Å². The van der Waals surface area contributed by atoms with Crippen molar-refractivity contribution in [2.45, 2.75) is 19.3 Å². The van der Waals surface area contributed by atoms with Crippen LogP contribution in [0.1, 0.15) is 18.4 Å². The van der Waals surface area contributed by atoms with Crippen LogP contribution in [0, 0.1) is 5.92 Å². The minimum Gasteiger partial charge on any atom is -0.508 e. The monoisotopic (exact) mass is 241 g/mol. The predicted molar refractivity (Wildman–Crippen MR) is 63.0 cm³/mol. The van der Waals surface area contributed by atoms with Crippen LogP contribution in [0.3, 0.4) is 0 Å². The Morgan fingerprint density at radius 2 is 2.12 bits per heavy atom. The van der Waals surface area contributed by atoms with E-state index in [1.807, 2.05) is 0 Å². The van der Waals surface area contributed by atoms with Crippen molar-refractivity contribution in [3.8, 4) is 5.75 Å². The van der Waals surface area contributed by atoms with Crippen molar-refractivity contribution in [3.05, 3.63) is 23.8 Å². The van der Waals surface area contributed by atoms with Crippen LogP contribution in [0.25, 0.3) is 0 Å². The molecule has 4 nitrogen and oxygen atoms in total. The Hall–Kier alpha value is -1.23. The van der Waals surface area contributed by atoms with Gasteiger partial charge >= 0.3 is 0 Å². The van der Waals surface area contributed by atoms with Crippen LogP contribution < -0.4 is 4.72 Å². The first-order chi connectivity index (χ1) is 7.44. The van der Waals surface area contributed by atoms with E-state index < -0.39 is 10.0 Å². The third kappa shape index (κ3) is 3.13. The van der Waals surface area contributed by atoms with Crippen LogP contribution in [-0.4, -0.2) is 19.8 Å². The van der Waals surface area contributed by atoms with E-state index in [1.165, 1.54) is 18.9 Å². The Balaban J connectivity index is 2.27. The molecule has 88 valence electrons. The summed E-state index contributed by atoms with van der Waals surface area (Å²) in [5, 5.41) is 9.39. The van der Waals surface area contributed by atoms with E-state index in [0.717, 1.165) is 18.2 Å². The molecular formula is C11H15NO3S. The summed E-state index contributed by atoms with van der Waals surface area (Å²) in [5.41, 5.74) is 1.44. The van der Waals surface area contributed by atoms with E-state index >= 15 is 0 Å². The quantitative estimate of drug-likeness (QED) is 0.789. The lowest BCUT2D eigenvalue weighted by molar-refractivity contribution is 0.474. The summed E-state index contributed by atoms with van der Waals surface area (Å²) >= 11 is 0.